The average Bonchev–Trinajstić information content (AvgIpc) is 2.33. The second kappa shape index (κ2) is 2.85. The molecule has 1 aliphatic heterocycles. The maximum absolute atomic E-state index is 11.2. The normalized spacial score (nSPS) is 14.3. The summed E-state index contributed by atoms with van der Waals surface area (Å²) in [4.78, 5) is 11.2. The van der Waals surface area contributed by atoms with Gasteiger partial charge in [-0.3, -0.25) is 4.79 Å². The highest BCUT2D eigenvalue weighted by atomic mass is 79.9. The SMILES string of the molecule is O=C1COc2c(Br)cc(Br)cc21. The Morgan fingerprint density at radius 2 is 2.08 bits per heavy atom. The van der Waals surface area contributed by atoms with Crippen LogP contribution in [-0.4, -0.2) is 12.4 Å². The molecule has 1 aromatic carbocycles. The lowest BCUT2D eigenvalue weighted by atomic mass is 10.1. The van der Waals surface area contributed by atoms with E-state index in [9.17, 15) is 4.79 Å². The summed E-state index contributed by atoms with van der Waals surface area (Å²) in [7, 11) is 0. The van der Waals surface area contributed by atoms with E-state index in [0.29, 0.717) is 11.3 Å². The molecule has 12 heavy (non-hydrogen) atoms. The molecule has 0 amide bonds. The number of ketones is 1. The van der Waals surface area contributed by atoms with Gasteiger partial charge < -0.3 is 4.74 Å². The Morgan fingerprint density at radius 1 is 1.33 bits per heavy atom. The molecule has 1 aromatic rings. The third kappa shape index (κ3) is 1.19. The number of ether oxygens (including phenoxy) is 1. The van der Waals surface area contributed by atoms with E-state index in [0.717, 1.165) is 8.95 Å². The Hall–Kier alpha value is -0.350. The van der Waals surface area contributed by atoms with Crippen LogP contribution < -0.4 is 4.74 Å². The zero-order chi connectivity index (χ0) is 8.72. The molecule has 0 aromatic heterocycles. The van der Waals surface area contributed by atoms with Gasteiger partial charge >= 0.3 is 0 Å². The molecule has 0 bridgehead atoms. The lowest BCUT2D eigenvalue weighted by Gasteiger charge is -2.00. The minimum Gasteiger partial charge on any atom is -0.483 e. The predicted octanol–water partition coefficient (Wildman–Crippen LogP) is 2.79. The van der Waals surface area contributed by atoms with E-state index in [1.165, 1.54) is 0 Å². The summed E-state index contributed by atoms with van der Waals surface area (Å²) in [5, 5.41) is 0. The van der Waals surface area contributed by atoms with Gasteiger partial charge in [0.25, 0.3) is 0 Å². The zero-order valence-electron chi connectivity index (χ0n) is 5.93. The Kier molecular flexibility index (Phi) is 1.96. The molecule has 0 atom stereocenters. The van der Waals surface area contributed by atoms with Gasteiger partial charge in [-0.2, -0.15) is 0 Å². The summed E-state index contributed by atoms with van der Waals surface area (Å²) in [6.45, 7) is 0.157. The van der Waals surface area contributed by atoms with Crippen LogP contribution in [0.15, 0.2) is 21.1 Å². The summed E-state index contributed by atoms with van der Waals surface area (Å²) in [6, 6.07) is 3.63. The minimum absolute atomic E-state index is 0.0343. The summed E-state index contributed by atoms with van der Waals surface area (Å²) >= 11 is 6.62. The maximum Gasteiger partial charge on any atom is 0.204 e. The van der Waals surface area contributed by atoms with Crippen LogP contribution in [0.25, 0.3) is 0 Å². The fraction of sp³-hybridized carbons (Fsp3) is 0.125. The highest BCUT2D eigenvalue weighted by Gasteiger charge is 2.23. The van der Waals surface area contributed by atoms with Crippen molar-refractivity contribution in [3.8, 4) is 5.75 Å². The number of hydrogen-bond donors (Lipinski definition) is 0. The number of Topliss-reactive ketones (excluding diaryl/α,β-unsaturated/α-hetero) is 1. The van der Waals surface area contributed by atoms with Crippen molar-refractivity contribution in [1.82, 2.24) is 0 Å². The average molecular weight is 292 g/mol. The van der Waals surface area contributed by atoms with Gasteiger partial charge in [-0.15, -0.1) is 0 Å². The topological polar surface area (TPSA) is 26.3 Å². The van der Waals surface area contributed by atoms with Gasteiger partial charge in [0.2, 0.25) is 5.78 Å². The lowest BCUT2D eigenvalue weighted by Crippen LogP contribution is -1.98. The fourth-order valence-corrected chi connectivity index (χ4v) is 2.47. The Balaban J connectivity index is 2.68. The lowest BCUT2D eigenvalue weighted by molar-refractivity contribution is 0.0961. The first-order valence-electron chi connectivity index (χ1n) is 3.33. The first-order valence-corrected chi connectivity index (χ1v) is 4.92. The van der Waals surface area contributed by atoms with E-state index < -0.39 is 0 Å². The van der Waals surface area contributed by atoms with Gasteiger partial charge in [0.05, 0.1) is 10.0 Å². The third-order valence-electron chi connectivity index (χ3n) is 1.66. The van der Waals surface area contributed by atoms with E-state index in [1.807, 2.05) is 6.07 Å². The third-order valence-corrected chi connectivity index (χ3v) is 2.70. The molecule has 2 nitrogen and oxygen atoms in total. The van der Waals surface area contributed by atoms with Crippen molar-refractivity contribution in [3.05, 3.63) is 26.6 Å². The second-order valence-electron chi connectivity index (χ2n) is 2.48. The number of hydrogen-bond acceptors (Lipinski definition) is 2. The number of benzene rings is 1. The van der Waals surface area contributed by atoms with E-state index in [1.54, 1.807) is 6.07 Å². The van der Waals surface area contributed by atoms with Crippen LogP contribution in [0, 0.1) is 0 Å². The number of carbonyl (C=O) groups excluding carboxylic acids is 1. The highest BCUT2D eigenvalue weighted by Crippen LogP contribution is 2.36. The number of carbonyl (C=O) groups is 1. The quantitative estimate of drug-likeness (QED) is 0.735. The number of fused-ring (bicyclic) bond motifs is 1. The van der Waals surface area contributed by atoms with E-state index in [2.05, 4.69) is 31.9 Å². The Morgan fingerprint density at radius 3 is 2.83 bits per heavy atom. The van der Waals surface area contributed by atoms with Crippen molar-refractivity contribution < 1.29 is 9.53 Å². The van der Waals surface area contributed by atoms with Gasteiger partial charge in [-0.25, -0.2) is 0 Å². The minimum atomic E-state index is 0.0343. The first kappa shape index (κ1) is 8.26. The molecule has 0 aliphatic carbocycles. The summed E-state index contributed by atoms with van der Waals surface area (Å²) in [5.41, 5.74) is 0.649. The molecule has 1 heterocycles. The van der Waals surface area contributed by atoms with Crippen LogP contribution in [0.5, 0.6) is 5.75 Å². The molecule has 0 unspecified atom stereocenters. The number of halogens is 2. The smallest absolute Gasteiger partial charge is 0.204 e. The Bertz CT molecular complexity index is 360. The monoisotopic (exact) mass is 290 g/mol. The predicted molar refractivity (Wildman–Crippen MR) is 51.7 cm³/mol. The molecule has 0 radical (unpaired) electrons. The van der Waals surface area contributed by atoms with Crippen LogP contribution in [-0.2, 0) is 0 Å². The van der Waals surface area contributed by atoms with Crippen molar-refractivity contribution in [2.75, 3.05) is 6.61 Å². The molecule has 4 heteroatoms. The van der Waals surface area contributed by atoms with Crippen molar-refractivity contribution >= 4 is 37.6 Å². The summed E-state index contributed by atoms with van der Waals surface area (Å²) in [6.07, 6.45) is 0. The van der Waals surface area contributed by atoms with Crippen LogP contribution in [0.3, 0.4) is 0 Å². The van der Waals surface area contributed by atoms with E-state index in [-0.39, 0.29) is 12.4 Å². The standard InChI is InChI=1S/C8H4Br2O2/c9-4-1-5-7(11)3-12-8(5)6(10)2-4/h1-2H,3H2. The van der Waals surface area contributed by atoms with Crippen molar-refractivity contribution in [3.63, 3.8) is 0 Å². The van der Waals surface area contributed by atoms with Gasteiger partial charge in [-0.05, 0) is 28.1 Å². The van der Waals surface area contributed by atoms with Crippen LogP contribution in [0.2, 0.25) is 0 Å². The molecule has 0 saturated carbocycles. The van der Waals surface area contributed by atoms with Gasteiger partial charge in [-0.1, -0.05) is 15.9 Å². The van der Waals surface area contributed by atoms with Crippen LogP contribution in [0.4, 0.5) is 0 Å². The van der Waals surface area contributed by atoms with Crippen LogP contribution >= 0.6 is 31.9 Å². The Labute approximate surface area is 86.2 Å². The molecule has 62 valence electrons. The van der Waals surface area contributed by atoms with Gasteiger partial charge in [0.15, 0.2) is 6.61 Å². The molecule has 0 fully saturated rings. The molecular formula is C8H4Br2O2. The summed E-state index contributed by atoms with van der Waals surface area (Å²) in [5.74, 6) is 0.690. The maximum atomic E-state index is 11.2. The van der Waals surface area contributed by atoms with E-state index in [4.69, 9.17) is 4.74 Å². The molecule has 0 saturated heterocycles. The first-order chi connectivity index (χ1) is 5.68. The van der Waals surface area contributed by atoms with Crippen molar-refractivity contribution in [2.24, 2.45) is 0 Å². The molecule has 1 aliphatic rings. The van der Waals surface area contributed by atoms with Crippen LogP contribution in [0.1, 0.15) is 10.4 Å². The zero-order valence-corrected chi connectivity index (χ0v) is 9.11. The largest absolute Gasteiger partial charge is 0.483 e. The van der Waals surface area contributed by atoms with Gasteiger partial charge in [0, 0.05) is 4.47 Å². The molecule has 0 spiro atoms. The number of rotatable bonds is 0. The second-order valence-corrected chi connectivity index (χ2v) is 4.25. The molecule has 0 N–H and O–H groups in total. The molecule has 2 rings (SSSR count). The fourth-order valence-electron chi connectivity index (χ4n) is 1.13. The molecular weight excluding hydrogens is 288 g/mol. The van der Waals surface area contributed by atoms with E-state index >= 15 is 0 Å². The summed E-state index contributed by atoms with van der Waals surface area (Å²) < 4.78 is 6.88. The van der Waals surface area contributed by atoms with Gasteiger partial charge in [0.1, 0.15) is 5.75 Å². The van der Waals surface area contributed by atoms with Crippen molar-refractivity contribution in [1.29, 1.82) is 0 Å². The van der Waals surface area contributed by atoms with Crippen molar-refractivity contribution in [2.45, 2.75) is 0 Å². The highest BCUT2D eigenvalue weighted by molar-refractivity contribution is 9.11.